The molecule has 118 valence electrons. The zero-order valence-electron chi connectivity index (χ0n) is 13.6. The van der Waals surface area contributed by atoms with Crippen LogP contribution in [0, 0.1) is 5.92 Å². The van der Waals surface area contributed by atoms with Crippen molar-refractivity contribution in [3.63, 3.8) is 0 Å². The first-order valence-electron chi connectivity index (χ1n) is 7.65. The standard InChI is InChI=1S/C17H23N3O2/c1-11(2)17(22)18-10-9-16-19-14-7-5-6-8-15(14)20(16)12(3)13(4)21/h5-8,11-12H,9-10H2,1-4H3,(H,18,22). The van der Waals surface area contributed by atoms with Gasteiger partial charge in [0, 0.05) is 18.9 Å². The number of nitrogens with one attached hydrogen (secondary N) is 1. The summed E-state index contributed by atoms with van der Waals surface area (Å²) in [4.78, 5) is 28.0. The van der Waals surface area contributed by atoms with Crippen LogP contribution in [-0.4, -0.2) is 27.8 Å². The molecule has 1 N–H and O–H groups in total. The summed E-state index contributed by atoms with van der Waals surface area (Å²) in [6.45, 7) is 7.71. The van der Waals surface area contributed by atoms with Crippen LogP contribution in [0.15, 0.2) is 24.3 Å². The van der Waals surface area contributed by atoms with Gasteiger partial charge in [0.2, 0.25) is 5.91 Å². The maximum Gasteiger partial charge on any atom is 0.222 e. The van der Waals surface area contributed by atoms with E-state index in [0.717, 1.165) is 16.9 Å². The molecule has 1 amide bonds. The van der Waals surface area contributed by atoms with Crippen molar-refractivity contribution in [1.29, 1.82) is 0 Å². The summed E-state index contributed by atoms with van der Waals surface area (Å²) in [6.07, 6.45) is 0.602. The molecule has 0 spiro atoms. The predicted octanol–water partition coefficient (Wildman–Crippen LogP) is 2.50. The van der Waals surface area contributed by atoms with Gasteiger partial charge in [0.15, 0.2) is 5.78 Å². The lowest BCUT2D eigenvalue weighted by atomic mass is 10.2. The van der Waals surface area contributed by atoms with Crippen LogP contribution in [0.4, 0.5) is 0 Å². The molecule has 0 aliphatic carbocycles. The Kier molecular flexibility index (Phi) is 4.96. The Bertz CT molecular complexity index is 688. The van der Waals surface area contributed by atoms with Gasteiger partial charge in [0.05, 0.1) is 17.1 Å². The molecule has 0 bridgehead atoms. The normalized spacial score (nSPS) is 12.6. The number of para-hydroxylation sites is 2. The highest BCUT2D eigenvalue weighted by Gasteiger charge is 2.18. The number of aromatic nitrogens is 2. The molecule has 0 radical (unpaired) electrons. The van der Waals surface area contributed by atoms with Gasteiger partial charge in [-0.05, 0) is 26.0 Å². The van der Waals surface area contributed by atoms with Gasteiger partial charge in [-0.15, -0.1) is 0 Å². The number of hydrogen-bond acceptors (Lipinski definition) is 3. The minimum absolute atomic E-state index is 0.0299. The number of rotatable bonds is 6. The van der Waals surface area contributed by atoms with Gasteiger partial charge < -0.3 is 9.88 Å². The van der Waals surface area contributed by atoms with Crippen molar-refractivity contribution < 1.29 is 9.59 Å². The Labute approximate surface area is 130 Å². The summed E-state index contributed by atoms with van der Waals surface area (Å²) in [6, 6.07) is 7.52. The zero-order valence-corrected chi connectivity index (χ0v) is 13.6. The average molecular weight is 301 g/mol. The van der Waals surface area contributed by atoms with Crippen molar-refractivity contribution in [2.24, 2.45) is 5.92 Å². The highest BCUT2D eigenvalue weighted by molar-refractivity contribution is 5.84. The summed E-state index contributed by atoms with van der Waals surface area (Å²) >= 11 is 0. The second kappa shape index (κ2) is 6.73. The van der Waals surface area contributed by atoms with Crippen molar-refractivity contribution in [3.8, 4) is 0 Å². The number of ketones is 1. The molecule has 5 heteroatoms. The van der Waals surface area contributed by atoms with Gasteiger partial charge in [-0.3, -0.25) is 9.59 Å². The highest BCUT2D eigenvalue weighted by atomic mass is 16.1. The topological polar surface area (TPSA) is 64.0 Å². The average Bonchev–Trinajstić information content (AvgIpc) is 2.84. The Morgan fingerprint density at radius 2 is 1.91 bits per heavy atom. The maximum atomic E-state index is 11.8. The number of carbonyl (C=O) groups excluding carboxylic acids is 2. The SMILES string of the molecule is CC(=O)C(C)n1c(CCNC(=O)C(C)C)nc2ccccc21. The van der Waals surface area contributed by atoms with Gasteiger partial charge in [-0.1, -0.05) is 26.0 Å². The first kappa shape index (κ1) is 16.2. The fourth-order valence-electron chi connectivity index (χ4n) is 2.39. The number of imidazole rings is 1. The van der Waals surface area contributed by atoms with E-state index >= 15 is 0 Å². The summed E-state index contributed by atoms with van der Waals surface area (Å²) in [5, 5.41) is 2.89. The molecule has 2 aromatic rings. The lowest BCUT2D eigenvalue weighted by Gasteiger charge is -2.15. The van der Waals surface area contributed by atoms with Gasteiger partial charge in [0.25, 0.3) is 0 Å². The molecule has 1 heterocycles. The van der Waals surface area contributed by atoms with Crippen molar-refractivity contribution in [2.45, 2.75) is 40.2 Å². The molecule has 1 aromatic heterocycles. The van der Waals surface area contributed by atoms with Gasteiger partial charge in [0.1, 0.15) is 5.82 Å². The number of benzene rings is 1. The highest BCUT2D eigenvalue weighted by Crippen LogP contribution is 2.22. The molecule has 1 atom stereocenters. The van der Waals surface area contributed by atoms with E-state index < -0.39 is 0 Å². The number of Topliss-reactive ketones (excluding diaryl/α,β-unsaturated/α-hetero) is 1. The maximum absolute atomic E-state index is 11.8. The quantitative estimate of drug-likeness (QED) is 0.891. The first-order valence-corrected chi connectivity index (χ1v) is 7.65. The second-order valence-corrected chi connectivity index (χ2v) is 5.87. The van der Waals surface area contributed by atoms with Crippen LogP contribution in [0.5, 0.6) is 0 Å². The van der Waals surface area contributed by atoms with Crippen molar-refractivity contribution in [2.75, 3.05) is 6.54 Å². The van der Waals surface area contributed by atoms with Crippen LogP contribution in [0.25, 0.3) is 11.0 Å². The molecule has 0 aliphatic heterocycles. The van der Waals surface area contributed by atoms with Crippen LogP contribution in [-0.2, 0) is 16.0 Å². The largest absolute Gasteiger partial charge is 0.355 e. The molecule has 2 rings (SSSR count). The third-order valence-corrected chi connectivity index (χ3v) is 3.82. The fraction of sp³-hybridized carbons (Fsp3) is 0.471. The van der Waals surface area contributed by atoms with Crippen molar-refractivity contribution in [1.82, 2.24) is 14.9 Å². The smallest absolute Gasteiger partial charge is 0.222 e. The Morgan fingerprint density at radius 3 is 2.55 bits per heavy atom. The minimum atomic E-state index is -0.261. The summed E-state index contributed by atoms with van der Waals surface area (Å²) in [7, 11) is 0. The molecule has 22 heavy (non-hydrogen) atoms. The summed E-state index contributed by atoms with van der Waals surface area (Å²) in [5.74, 6) is 0.917. The number of hydrogen-bond donors (Lipinski definition) is 1. The van der Waals surface area contributed by atoms with E-state index in [4.69, 9.17) is 0 Å². The van der Waals surface area contributed by atoms with Crippen LogP contribution in [0.1, 0.15) is 39.6 Å². The van der Waals surface area contributed by atoms with Gasteiger partial charge in [-0.2, -0.15) is 0 Å². The van der Waals surface area contributed by atoms with E-state index in [1.165, 1.54) is 0 Å². The molecule has 1 unspecified atom stereocenters. The third kappa shape index (κ3) is 3.35. The molecule has 0 saturated carbocycles. The van der Waals surface area contributed by atoms with E-state index in [1.54, 1.807) is 6.92 Å². The van der Waals surface area contributed by atoms with Crippen LogP contribution in [0.2, 0.25) is 0 Å². The Hall–Kier alpha value is -2.17. The fourth-order valence-corrected chi connectivity index (χ4v) is 2.39. The summed E-state index contributed by atoms with van der Waals surface area (Å²) in [5.41, 5.74) is 1.83. The van der Waals surface area contributed by atoms with E-state index in [9.17, 15) is 9.59 Å². The zero-order chi connectivity index (χ0) is 16.3. The van der Waals surface area contributed by atoms with E-state index in [1.807, 2.05) is 49.6 Å². The van der Waals surface area contributed by atoms with Crippen molar-refractivity contribution >= 4 is 22.7 Å². The molecule has 0 aliphatic rings. The minimum Gasteiger partial charge on any atom is -0.355 e. The van der Waals surface area contributed by atoms with Crippen LogP contribution >= 0.6 is 0 Å². The predicted molar refractivity (Wildman–Crippen MR) is 86.7 cm³/mol. The van der Waals surface area contributed by atoms with Crippen molar-refractivity contribution in [3.05, 3.63) is 30.1 Å². The number of carbonyl (C=O) groups is 2. The van der Waals surface area contributed by atoms with Crippen LogP contribution in [0.3, 0.4) is 0 Å². The van der Waals surface area contributed by atoms with Gasteiger partial charge in [-0.25, -0.2) is 4.98 Å². The molecular weight excluding hydrogens is 278 g/mol. The molecule has 1 aromatic carbocycles. The number of nitrogens with zero attached hydrogens (tertiary/aromatic N) is 2. The summed E-state index contributed by atoms with van der Waals surface area (Å²) < 4.78 is 1.97. The molecule has 5 nitrogen and oxygen atoms in total. The number of amides is 1. The Morgan fingerprint density at radius 1 is 1.23 bits per heavy atom. The third-order valence-electron chi connectivity index (χ3n) is 3.82. The first-order chi connectivity index (χ1) is 10.4. The lowest BCUT2D eigenvalue weighted by Crippen LogP contribution is -2.30. The van der Waals surface area contributed by atoms with E-state index in [0.29, 0.717) is 13.0 Å². The van der Waals surface area contributed by atoms with Gasteiger partial charge >= 0.3 is 0 Å². The number of fused-ring (bicyclic) bond motifs is 1. The Balaban J connectivity index is 2.26. The van der Waals surface area contributed by atoms with E-state index in [-0.39, 0.29) is 23.7 Å². The molecular formula is C17H23N3O2. The monoisotopic (exact) mass is 301 g/mol. The second-order valence-electron chi connectivity index (χ2n) is 5.87. The van der Waals surface area contributed by atoms with E-state index in [2.05, 4.69) is 10.3 Å². The molecule has 0 fully saturated rings. The molecule has 0 saturated heterocycles. The lowest BCUT2D eigenvalue weighted by molar-refractivity contribution is -0.124. The van der Waals surface area contributed by atoms with Crippen LogP contribution < -0.4 is 5.32 Å².